The molecule has 0 rings (SSSR count). The molecule has 0 saturated carbocycles. The summed E-state index contributed by atoms with van der Waals surface area (Å²) in [5, 5.41) is 15.5. The maximum atomic E-state index is 12.7. The number of carbonyl (C=O) groups excluding carboxylic acids is 5. The van der Waals surface area contributed by atoms with Crippen LogP contribution < -0.4 is 16.0 Å². The molecule has 0 aliphatic carbocycles. The zero-order valence-electron chi connectivity index (χ0n) is 35.9. The molecule has 1 unspecified atom stereocenters. The minimum Gasteiger partial charge on any atom is -0.480 e. The van der Waals surface area contributed by atoms with Crippen LogP contribution in [0.25, 0.3) is 0 Å². The van der Waals surface area contributed by atoms with E-state index in [4.69, 9.17) is 14.6 Å². The van der Waals surface area contributed by atoms with E-state index in [0.29, 0.717) is 24.3 Å². The molecule has 332 valence electrons. The molecule has 0 radical (unpaired) electrons. The van der Waals surface area contributed by atoms with Crippen molar-refractivity contribution in [3.8, 4) is 0 Å². The van der Waals surface area contributed by atoms with E-state index < -0.39 is 37.0 Å². The Morgan fingerprint density at radius 3 is 1.26 bits per heavy atom. The van der Waals surface area contributed by atoms with Crippen LogP contribution in [-0.4, -0.2) is 84.6 Å². The summed E-state index contributed by atoms with van der Waals surface area (Å²) < 4.78 is 11.3. The molecule has 0 aliphatic heterocycles. The largest absolute Gasteiger partial charge is 0.480 e. The fourth-order valence-corrected chi connectivity index (χ4v) is 7.24. The van der Waals surface area contributed by atoms with E-state index in [0.717, 1.165) is 38.5 Å². The van der Waals surface area contributed by atoms with Gasteiger partial charge in [-0.2, -0.15) is 11.8 Å². The normalized spacial score (nSPS) is 11.5. The van der Waals surface area contributed by atoms with Crippen LogP contribution in [-0.2, 0) is 38.2 Å². The van der Waals surface area contributed by atoms with Crippen molar-refractivity contribution in [3.05, 3.63) is 0 Å². The van der Waals surface area contributed by atoms with E-state index in [9.17, 15) is 28.8 Å². The van der Waals surface area contributed by atoms with Crippen LogP contribution in [0.4, 0.5) is 0 Å². The first-order valence-corrected chi connectivity index (χ1v) is 23.8. The fraction of sp³-hybridized carbons (Fsp3) is 0.864. The van der Waals surface area contributed by atoms with Gasteiger partial charge in [-0.25, -0.2) is 0 Å². The van der Waals surface area contributed by atoms with Gasteiger partial charge in [0.15, 0.2) is 0 Å². The van der Waals surface area contributed by atoms with Crippen molar-refractivity contribution in [1.82, 2.24) is 16.0 Å². The van der Waals surface area contributed by atoms with Gasteiger partial charge in [0.25, 0.3) is 0 Å². The molecule has 13 heteroatoms. The monoisotopic (exact) mass is 828 g/mol. The molecular formula is C44H81N3O9S. The molecule has 0 spiro atoms. The maximum Gasteiger partial charge on any atom is 0.322 e. The molecule has 4 N–H and O–H groups in total. The minimum absolute atomic E-state index is 0.0268. The average molecular weight is 828 g/mol. The summed E-state index contributed by atoms with van der Waals surface area (Å²) in [6, 6.07) is 0. The second kappa shape index (κ2) is 41.3. The predicted molar refractivity (Wildman–Crippen MR) is 230 cm³/mol. The molecule has 0 fully saturated rings. The van der Waals surface area contributed by atoms with Crippen molar-refractivity contribution < 1.29 is 43.3 Å². The topological polar surface area (TPSA) is 177 Å². The van der Waals surface area contributed by atoms with E-state index in [1.54, 1.807) is 0 Å². The summed E-state index contributed by atoms with van der Waals surface area (Å²) in [7, 11) is 0. The van der Waals surface area contributed by atoms with Crippen LogP contribution in [0.3, 0.4) is 0 Å². The van der Waals surface area contributed by atoms with Gasteiger partial charge in [-0.05, 0) is 12.8 Å². The lowest BCUT2D eigenvalue weighted by molar-refractivity contribution is -0.157. The van der Waals surface area contributed by atoms with Crippen molar-refractivity contribution in [2.45, 2.75) is 206 Å². The third-order valence-electron chi connectivity index (χ3n) is 9.80. The number of esters is 2. The Morgan fingerprint density at radius 1 is 0.474 bits per heavy atom. The third kappa shape index (κ3) is 41.1. The lowest BCUT2D eigenvalue weighted by atomic mass is 10.0. The van der Waals surface area contributed by atoms with Crippen LogP contribution in [0.2, 0.25) is 0 Å². The molecule has 1 atom stereocenters. The highest BCUT2D eigenvalue weighted by Gasteiger charge is 2.18. The first kappa shape index (κ1) is 54.2. The van der Waals surface area contributed by atoms with E-state index >= 15 is 0 Å². The highest BCUT2D eigenvalue weighted by Crippen LogP contribution is 2.16. The number of aliphatic carboxylic acids is 1. The van der Waals surface area contributed by atoms with Gasteiger partial charge in [0.1, 0.15) is 19.3 Å². The zero-order valence-corrected chi connectivity index (χ0v) is 36.8. The van der Waals surface area contributed by atoms with Gasteiger partial charge in [-0.15, -0.1) is 0 Å². The molecule has 0 heterocycles. The molecule has 0 aliphatic rings. The van der Waals surface area contributed by atoms with E-state index in [1.807, 2.05) is 0 Å². The van der Waals surface area contributed by atoms with Crippen molar-refractivity contribution in [2.75, 3.05) is 37.7 Å². The molecule has 0 saturated heterocycles. The van der Waals surface area contributed by atoms with Gasteiger partial charge >= 0.3 is 17.9 Å². The van der Waals surface area contributed by atoms with Crippen molar-refractivity contribution >= 4 is 47.4 Å². The molecule has 0 aromatic heterocycles. The Bertz CT molecular complexity index is 1050. The number of thioether (sulfide) groups is 1. The van der Waals surface area contributed by atoms with Gasteiger partial charge in [0.05, 0.1) is 13.1 Å². The number of unbranched alkanes of at least 4 members (excludes halogenated alkanes) is 24. The quantitative estimate of drug-likeness (QED) is 0.0343. The number of ether oxygens (including phenoxy) is 2. The van der Waals surface area contributed by atoms with Gasteiger partial charge < -0.3 is 30.5 Å². The van der Waals surface area contributed by atoms with Crippen LogP contribution >= 0.6 is 11.8 Å². The summed E-state index contributed by atoms with van der Waals surface area (Å²) in [6.45, 7) is 3.18. The Labute approximate surface area is 349 Å². The van der Waals surface area contributed by atoms with Crippen molar-refractivity contribution in [3.63, 3.8) is 0 Å². The van der Waals surface area contributed by atoms with Gasteiger partial charge in [-0.3, -0.25) is 28.8 Å². The smallest absolute Gasteiger partial charge is 0.322 e. The van der Waals surface area contributed by atoms with Crippen LogP contribution in [0.5, 0.6) is 0 Å². The Balaban J connectivity index is 4.44. The first-order chi connectivity index (χ1) is 27.7. The van der Waals surface area contributed by atoms with Gasteiger partial charge in [0, 0.05) is 30.8 Å². The molecule has 3 amide bonds. The summed E-state index contributed by atoms with van der Waals surface area (Å²) in [4.78, 5) is 71.5. The minimum atomic E-state index is -1.20. The fourth-order valence-electron chi connectivity index (χ4n) is 6.32. The van der Waals surface area contributed by atoms with Crippen molar-refractivity contribution in [2.24, 2.45) is 0 Å². The number of amides is 3. The Kier molecular flexibility index (Phi) is 39.3. The van der Waals surface area contributed by atoms with Crippen LogP contribution in [0.1, 0.15) is 200 Å². The molecule has 12 nitrogen and oxygen atoms in total. The third-order valence-corrected chi connectivity index (χ3v) is 10.9. The number of hydrogen-bond acceptors (Lipinski definition) is 9. The lowest BCUT2D eigenvalue weighted by Gasteiger charge is -2.18. The van der Waals surface area contributed by atoms with E-state index in [-0.39, 0.29) is 37.4 Å². The number of nitrogens with one attached hydrogen (secondary N) is 3. The SMILES string of the molecule is CCCCCCCCCCCCCCCC(=O)OCC(CSCCC(=O)NCC(=O)NCC(=O)NCC(=O)O)OC(=O)CCCCCCCCCCCCCCC. The first-order valence-electron chi connectivity index (χ1n) is 22.6. The molecule has 57 heavy (non-hydrogen) atoms. The van der Waals surface area contributed by atoms with Crippen molar-refractivity contribution in [1.29, 1.82) is 0 Å². The maximum absolute atomic E-state index is 12.7. The standard InChI is InChI=1S/C44H81N3O9S/c1-3-5-7-9-11-13-15-17-19-21-23-25-27-29-43(53)55-36-38(56-44(54)30-28-26-24-22-20-18-16-14-12-10-8-6-4-2)37-57-32-31-39(48)45-33-40(49)46-34-41(50)47-35-42(51)52/h38H,3-37H2,1-2H3,(H,45,48)(H,46,49)(H,47,50)(H,51,52). The predicted octanol–water partition coefficient (Wildman–Crippen LogP) is 8.96. The zero-order chi connectivity index (χ0) is 42.0. The summed E-state index contributed by atoms with van der Waals surface area (Å²) in [5.74, 6) is -2.66. The van der Waals surface area contributed by atoms with Gasteiger partial charge in [0.2, 0.25) is 17.7 Å². The summed E-state index contributed by atoms with van der Waals surface area (Å²) in [5.41, 5.74) is 0. The number of carboxylic acids is 1. The highest BCUT2D eigenvalue weighted by atomic mass is 32.2. The van der Waals surface area contributed by atoms with Gasteiger partial charge in [-0.1, -0.05) is 168 Å². The Hall–Kier alpha value is -2.83. The number of carbonyl (C=O) groups is 6. The number of hydrogen-bond donors (Lipinski definition) is 4. The summed E-state index contributed by atoms with van der Waals surface area (Å²) >= 11 is 1.39. The van der Waals surface area contributed by atoms with Crippen LogP contribution in [0, 0.1) is 0 Å². The van der Waals surface area contributed by atoms with E-state index in [2.05, 4.69) is 29.8 Å². The lowest BCUT2D eigenvalue weighted by Crippen LogP contribution is -2.43. The number of carboxylic acid groups (broad SMARTS) is 1. The average Bonchev–Trinajstić information content (AvgIpc) is 3.19. The molecule has 0 aromatic rings. The molecule has 0 bridgehead atoms. The second-order valence-electron chi connectivity index (χ2n) is 15.3. The summed E-state index contributed by atoms with van der Waals surface area (Å²) in [6.07, 6.45) is 32.0. The molecule has 0 aromatic carbocycles. The highest BCUT2D eigenvalue weighted by molar-refractivity contribution is 7.99. The molecular weight excluding hydrogens is 747 g/mol. The van der Waals surface area contributed by atoms with Crippen LogP contribution in [0.15, 0.2) is 0 Å². The second-order valence-corrected chi connectivity index (χ2v) is 16.5. The Morgan fingerprint density at radius 2 is 0.842 bits per heavy atom. The van der Waals surface area contributed by atoms with E-state index in [1.165, 1.54) is 140 Å². The number of rotatable bonds is 42.